The highest BCUT2D eigenvalue weighted by atomic mass is 32.2. The Balaban J connectivity index is 1.42. The first-order chi connectivity index (χ1) is 14.7. The van der Waals surface area contributed by atoms with Crippen LogP contribution in [-0.2, 0) is 16.1 Å². The zero-order valence-corrected chi connectivity index (χ0v) is 17.3. The molecule has 154 valence electrons. The van der Waals surface area contributed by atoms with Crippen LogP contribution in [0.4, 0.5) is 0 Å². The Kier molecular flexibility index (Phi) is 8.35. The molecule has 0 saturated carbocycles. The number of benzene rings is 3. The number of para-hydroxylation sites is 1. The van der Waals surface area contributed by atoms with Crippen molar-refractivity contribution in [3.63, 3.8) is 0 Å². The lowest BCUT2D eigenvalue weighted by molar-refractivity contribution is -0.124. The van der Waals surface area contributed by atoms with Gasteiger partial charge in [-0.25, -0.2) is 4.79 Å². The standard InChI is InChI=1S/C24H23NO4S/c26-23(25-15-16-30-21-12-5-2-6-13-21)18-29-24(27)22-14-8-7-9-19(22)17-28-20-10-3-1-4-11-20/h1-14H,15-18H2,(H,25,26). The fourth-order valence-electron chi connectivity index (χ4n) is 2.66. The van der Waals surface area contributed by atoms with Crippen molar-refractivity contribution in [2.75, 3.05) is 18.9 Å². The Morgan fingerprint density at radius 1 is 0.833 bits per heavy atom. The van der Waals surface area contributed by atoms with E-state index in [1.165, 1.54) is 0 Å². The predicted molar refractivity (Wildman–Crippen MR) is 118 cm³/mol. The van der Waals surface area contributed by atoms with Crippen molar-refractivity contribution in [3.8, 4) is 5.75 Å². The van der Waals surface area contributed by atoms with E-state index in [2.05, 4.69) is 5.32 Å². The quantitative estimate of drug-likeness (QED) is 0.300. The first-order valence-corrected chi connectivity index (χ1v) is 10.6. The van der Waals surface area contributed by atoms with E-state index in [-0.39, 0.29) is 19.1 Å². The zero-order valence-electron chi connectivity index (χ0n) is 16.5. The van der Waals surface area contributed by atoms with Crippen LogP contribution in [0, 0.1) is 0 Å². The topological polar surface area (TPSA) is 64.6 Å². The molecule has 0 radical (unpaired) electrons. The molecule has 0 fully saturated rings. The number of hydrogen-bond acceptors (Lipinski definition) is 5. The fraction of sp³-hybridized carbons (Fsp3) is 0.167. The molecule has 0 aromatic heterocycles. The maximum absolute atomic E-state index is 12.4. The van der Waals surface area contributed by atoms with Crippen molar-refractivity contribution < 1.29 is 19.1 Å². The summed E-state index contributed by atoms with van der Waals surface area (Å²) in [6, 6.07) is 26.4. The molecule has 0 saturated heterocycles. The van der Waals surface area contributed by atoms with Crippen LogP contribution < -0.4 is 10.1 Å². The number of carbonyl (C=O) groups excluding carboxylic acids is 2. The van der Waals surface area contributed by atoms with Crippen LogP contribution in [0.25, 0.3) is 0 Å². The van der Waals surface area contributed by atoms with Crippen molar-refractivity contribution in [2.45, 2.75) is 11.5 Å². The molecule has 0 aliphatic heterocycles. The highest BCUT2D eigenvalue weighted by Crippen LogP contribution is 2.16. The predicted octanol–water partition coefficient (Wildman–Crippen LogP) is 4.33. The highest BCUT2D eigenvalue weighted by Gasteiger charge is 2.14. The number of rotatable bonds is 10. The van der Waals surface area contributed by atoms with E-state index in [1.54, 1.807) is 30.0 Å². The number of thioether (sulfide) groups is 1. The monoisotopic (exact) mass is 421 g/mol. The lowest BCUT2D eigenvalue weighted by atomic mass is 10.1. The summed E-state index contributed by atoms with van der Waals surface area (Å²) in [6.07, 6.45) is 0. The summed E-state index contributed by atoms with van der Waals surface area (Å²) in [6.45, 7) is 0.415. The minimum atomic E-state index is -0.545. The molecule has 6 heteroatoms. The minimum absolute atomic E-state index is 0.234. The first-order valence-electron chi connectivity index (χ1n) is 9.60. The van der Waals surface area contributed by atoms with Crippen LogP contribution in [0.15, 0.2) is 89.8 Å². The SMILES string of the molecule is O=C(COC(=O)c1ccccc1COc1ccccc1)NCCSc1ccccc1. The second-order valence-corrected chi connectivity index (χ2v) is 7.51. The fourth-order valence-corrected chi connectivity index (χ4v) is 3.45. The molecule has 0 atom stereocenters. The molecule has 0 aliphatic carbocycles. The summed E-state index contributed by atoms with van der Waals surface area (Å²) in [5, 5.41) is 2.76. The van der Waals surface area contributed by atoms with Gasteiger partial charge in [-0.15, -0.1) is 11.8 Å². The maximum Gasteiger partial charge on any atom is 0.339 e. The van der Waals surface area contributed by atoms with Gasteiger partial charge in [0.2, 0.25) is 0 Å². The van der Waals surface area contributed by atoms with Crippen molar-refractivity contribution in [2.24, 2.45) is 0 Å². The lowest BCUT2D eigenvalue weighted by Crippen LogP contribution is -2.30. The Hall–Kier alpha value is -3.25. The molecule has 0 heterocycles. The second-order valence-electron chi connectivity index (χ2n) is 6.35. The van der Waals surface area contributed by atoms with Crippen molar-refractivity contribution in [1.82, 2.24) is 5.32 Å². The molecular weight excluding hydrogens is 398 g/mol. The van der Waals surface area contributed by atoms with Gasteiger partial charge in [0.25, 0.3) is 5.91 Å². The number of esters is 1. The van der Waals surface area contributed by atoms with Crippen LogP contribution in [0.1, 0.15) is 15.9 Å². The minimum Gasteiger partial charge on any atom is -0.489 e. The van der Waals surface area contributed by atoms with Crippen molar-refractivity contribution >= 4 is 23.6 Å². The molecule has 3 aromatic rings. The molecule has 0 unspecified atom stereocenters. The van der Waals surface area contributed by atoms with Crippen LogP contribution in [-0.4, -0.2) is 30.8 Å². The maximum atomic E-state index is 12.4. The molecule has 0 spiro atoms. The third kappa shape index (κ3) is 6.97. The summed E-state index contributed by atoms with van der Waals surface area (Å²) >= 11 is 1.65. The largest absolute Gasteiger partial charge is 0.489 e. The van der Waals surface area contributed by atoms with Crippen molar-refractivity contribution in [3.05, 3.63) is 96.1 Å². The van der Waals surface area contributed by atoms with Crippen LogP contribution in [0.3, 0.4) is 0 Å². The average molecular weight is 422 g/mol. The molecule has 0 bridgehead atoms. The third-order valence-corrected chi connectivity index (χ3v) is 5.16. The van der Waals surface area contributed by atoms with Crippen LogP contribution in [0.5, 0.6) is 5.75 Å². The molecule has 5 nitrogen and oxygen atoms in total. The summed E-state index contributed by atoms with van der Waals surface area (Å²) in [5.41, 5.74) is 1.09. The van der Waals surface area contributed by atoms with E-state index in [4.69, 9.17) is 9.47 Å². The normalized spacial score (nSPS) is 10.3. The van der Waals surface area contributed by atoms with Crippen LogP contribution >= 0.6 is 11.8 Å². The summed E-state index contributed by atoms with van der Waals surface area (Å²) in [4.78, 5) is 25.5. The van der Waals surface area contributed by atoms with Gasteiger partial charge < -0.3 is 14.8 Å². The van der Waals surface area contributed by atoms with E-state index in [9.17, 15) is 9.59 Å². The molecule has 3 rings (SSSR count). The number of hydrogen-bond donors (Lipinski definition) is 1. The van der Waals surface area contributed by atoms with Gasteiger partial charge in [0, 0.05) is 22.8 Å². The molecule has 30 heavy (non-hydrogen) atoms. The highest BCUT2D eigenvalue weighted by molar-refractivity contribution is 7.99. The van der Waals surface area contributed by atoms with Gasteiger partial charge in [-0.2, -0.15) is 0 Å². The number of amides is 1. The molecule has 1 amide bonds. The second kappa shape index (κ2) is 11.7. The Bertz CT molecular complexity index is 948. The first kappa shape index (κ1) is 21.5. The van der Waals surface area contributed by atoms with E-state index >= 15 is 0 Å². The Morgan fingerprint density at radius 3 is 2.27 bits per heavy atom. The van der Waals surface area contributed by atoms with E-state index < -0.39 is 5.97 Å². The number of carbonyl (C=O) groups is 2. The van der Waals surface area contributed by atoms with Gasteiger partial charge in [0.1, 0.15) is 12.4 Å². The average Bonchev–Trinajstić information content (AvgIpc) is 2.80. The van der Waals surface area contributed by atoms with E-state index in [0.29, 0.717) is 23.4 Å². The lowest BCUT2D eigenvalue weighted by Gasteiger charge is -2.11. The van der Waals surface area contributed by atoms with Gasteiger partial charge >= 0.3 is 5.97 Å². The van der Waals surface area contributed by atoms with Gasteiger partial charge in [-0.05, 0) is 30.3 Å². The number of nitrogens with one attached hydrogen (secondary N) is 1. The summed E-state index contributed by atoms with van der Waals surface area (Å²) in [5.74, 6) is 0.586. The van der Waals surface area contributed by atoms with Crippen molar-refractivity contribution in [1.29, 1.82) is 0 Å². The smallest absolute Gasteiger partial charge is 0.339 e. The Labute approximate surface area is 180 Å². The molecule has 0 aliphatic rings. The van der Waals surface area contributed by atoms with Gasteiger partial charge in [-0.1, -0.05) is 54.6 Å². The Morgan fingerprint density at radius 2 is 1.50 bits per heavy atom. The summed E-state index contributed by atoms with van der Waals surface area (Å²) in [7, 11) is 0. The molecular formula is C24H23NO4S. The van der Waals surface area contributed by atoms with Crippen LogP contribution in [0.2, 0.25) is 0 Å². The third-order valence-electron chi connectivity index (χ3n) is 4.15. The zero-order chi connectivity index (χ0) is 21.0. The number of ether oxygens (including phenoxy) is 2. The molecule has 1 N–H and O–H groups in total. The van der Waals surface area contributed by atoms with Gasteiger partial charge in [0.05, 0.1) is 5.56 Å². The summed E-state index contributed by atoms with van der Waals surface area (Å²) < 4.78 is 10.9. The van der Waals surface area contributed by atoms with E-state index in [1.807, 2.05) is 66.7 Å². The molecule has 3 aromatic carbocycles. The van der Waals surface area contributed by atoms with E-state index in [0.717, 1.165) is 10.6 Å². The van der Waals surface area contributed by atoms with Gasteiger partial charge in [0.15, 0.2) is 6.61 Å². The van der Waals surface area contributed by atoms with Gasteiger partial charge in [-0.3, -0.25) is 4.79 Å².